The molecule has 1 N–H and O–H groups in total. The van der Waals surface area contributed by atoms with Crippen molar-refractivity contribution in [2.24, 2.45) is 0 Å². The molecule has 1 heterocycles. The van der Waals surface area contributed by atoms with Gasteiger partial charge in [0.05, 0.1) is 0 Å². The van der Waals surface area contributed by atoms with Crippen LogP contribution in [-0.2, 0) is 0 Å². The van der Waals surface area contributed by atoms with E-state index in [1.807, 2.05) is 12.1 Å². The fourth-order valence-electron chi connectivity index (χ4n) is 1.82. The summed E-state index contributed by atoms with van der Waals surface area (Å²) in [6, 6.07) is 15.8. The van der Waals surface area contributed by atoms with Gasteiger partial charge in [-0.05, 0) is 47.2 Å². The zero-order valence-electron chi connectivity index (χ0n) is 9.77. The Morgan fingerprint density at radius 1 is 0.895 bits per heavy atom. The van der Waals surface area contributed by atoms with Crippen LogP contribution in [0.4, 0.5) is 11.5 Å². The number of rotatable bonds is 2. The lowest BCUT2D eigenvalue weighted by Gasteiger charge is -2.06. The molecule has 19 heavy (non-hydrogen) atoms. The van der Waals surface area contributed by atoms with Crippen LogP contribution >= 0.6 is 27.5 Å². The smallest absolute Gasteiger partial charge is 0.153 e. The molecule has 3 nitrogen and oxygen atoms in total. The van der Waals surface area contributed by atoms with E-state index in [0.717, 1.165) is 15.5 Å². The van der Waals surface area contributed by atoms with Crippen molar-refractivity contribution < 1.29 is 0 Å². The Kier molecular flexibility index (Phi) is 3.36. The van der Waals surface area contributed by atoms with Gasteiger partial charge in [0.1, 0.15) is 0 Å². The van der Waals surface area contributed by atoms with E-state index >= 15 is 0 Å². The summed E-state index contributed by atoms with van der Waals surface area (Å²) in [5, 5.41) is 13.7. The van der Waals surface area contributed by atoms with E-state index in [1.54, 1.807) is 12.1 Å². The van der Waals surface area contributed by atoms with Crippen molar-refractivity contribution in [2.75, 3.05) is 5.32 Å². The Balaban J connectivity index is 1.93. The SMILES string of the molecule is Clc1ccc(Nc2ccc3cc(Br)ccc3c2)nn1. The highest BCUT2D eigenvalue weighted by Crippen LogP contribution is 2.24. The van der Waals surface area contributed by atoms with Crippen molar-refractivity contribution in [2.45, 2.75) is 0 Å². The number of hydrogen-bond donors (Lipinski definition) is 1. The van der Waals surface area contributed by atoms with Crippen molar-refractivity contribution in [1.82, 2.24) is 10.2 Å². The number of fused-ring (bicyclic) bond motifs is 1. The summed E-state index contributed by atoms with van der Waals surface area (Å²) in [7, 11) is 0. The van der Waals surface area contributed by atoms with Crippen LogP contribution in [0.3, 0.4) is 0 Å². The number of hydrogen-bond acceptors (Lipinski definition) is 3. The second-order valence-corrected chi connectivity index (χ2v) is 5.38. The third kappa shape index (κ3) is 2.85. The molecule has 0 aliphatic heterocycles. The predicted octanol–water partition coefficient (Wildman–Crippen LogP) is 4.79. The number of aromatic nitrogens is 2. The van der Waals surface area contributed by atoms with Crippen LogP contribution < -0.4 is 5.32 Å². The fourth-order valence-corrected chi connectivity index (χ4v) is 2.30. The summed E-state index contributed by atoms with van der Waals surface area (Å²) in [6.07, 6.45) is 0. The van der Waals surface area contributed by atoms with E-state index < -0.39 is 0 Å². The highest BCUT2D eigenvalue weighted by atomic mass is 79.9. The van der Waals surface area contributed by atoms with E-state index in [2.05, 4.69) is 55.7 Å². The third-order valence-corrected chi connectivity index (χ3v) is 3.40. The minimum Gasteiger partial charge on any atom is -0.339 e. The van der Waals surface area contributed by atoms with Gasteiger partial charge in [0.15, 0.2) is 11.0 Å². The molecule has 3 aromatic rings. The summed E-state index contributed by atoms with van der Waals surface area (Å²) in [4.78, 5) is 0. The van der Waals surface area contributed by atoms with Gasteiger partial charge in [-0.1, -0.05) is 39.7 Å². The summed E-state index contributed by atoms with van der Waals surface area (Å²) in [6.45, 7) is 0. The molecular formula is C14H9BrClN3. The van der Waals surface area contributed by atoms with E-state index in [9.17, 15) is 0 Å². The average molecular weight is 335 g/mol. The van der Waals surface area contributed by atoms with Crippen molar-refractivity contribution in [3.63, 3.8) is 0 Å². The minimum atomic E-state index is 0.383. The first-order valence-electron chi connectivity index (χ1n) is 5.66. The number of halogens is 2. The molecule has 0 fully saturated rings. The number of benzene rings is 2. The van der Waals surface area contributed by atoms with Crippen LogP contribution in [0.1, 0.15) is 0 Å². The van der Waals surface area contributed by atoms with E-state index in [0.29, 0.717) is 11.0 Å². The minimum absolute atomic E-state index is 0.383. The highest BCUT2D eigenvalue weighted by Gasteiger charge is 2.00. The van der Waals surface area contributed by atoms with Gasteiger partial charge in [0.25, 0.3) is 0 Å². The molecule has 3 rings (SSSR count). The van der Waals surface area contributed by atoms with Crippen LogP contribution in [0, 0.1) is 0 Å². The Labute approximate surface area is 123 Å². The average Bonchev–Trinajstić information content (AvgIpc) is 2.42. The molecule has 2 aromatic carbocycles. The second kappa shape index (κ2) is 5.15. The Bertz CT molecular complexity index is 728. The first-order chi connectivity index (χ1) is 9.20. The van der Waals surface area contributed by atoms with Crippen LogP contribution in [-0.4, -0.2) is 10.2 Å². The van der Waals surface area contributed by atoms with E-state index in [4.69, 9.17) is 11.6 Å². The van der Waals surface area contributed by atoms with E-state index in [-0.39, 0.29) is 0 Å². The van der Waals surface area contributed by atoms with Gasteiger partial charge in [-0.2, -0.15) is 0 Å². The van der Waals surface area contributed by atoms with Gasteiger partial charge >= 0.3 is 0 Å². The van der Waals surface area contributed by atoms with Gasteiger partial charge in [0.2, 0.25) is 0 Å². The maximum absolute atomic E-state index is 5.70. The molecule has 0 bridgehead atoms. The molecule has 5 heteroatoms. The Morgan fingerprint density at radius 2 is 1.68 bits per heavy atom. The monoisotopic (exact) mass is 333 g/mol. The molecular weight excluding hydrogens is 326 g/mol. The molecule has 0 radical (unpaired) electrons. The summed E-state index contributed by atoms with van der Waals surface area (Å²) >= 11 is 9.17. The molecule has 1 aromatic heterocycles. The van der Waals surface area contributed by atoms with Crippen molar-refractivity contribution in [3.8, 4) is 0 Å². The second-order valence-electron chi connectivity index (χ2n) is 4.07. The lowest BCUT2D eigenvalue weighted by atomic mass is 10.1. The first kappa shape index (κ1) is 12.4. The van der Waals surface area contributed by atoms with Crippen LogP contribution in [0.2, 0.25) is 5.15 Å². The van der Waals surface area contributed by atoms with Crippen LogP contribution in [0.25, 0.3) is 10.8 Å². The Hall–Kier alpha value is -1.65. The molecule has 0 unspecified atom stereocenters. The highest BCUT2D eigenvalue weighted by molar-refractivity contribution is 9.10. The normalized spacial score (nSPS) is 10.6. The van der Waals surface area contributed by atoms with Gasteiger partial charge < -0.3 is 5.32 Å². The standard InChI is InChI=1S/C14H9BrClN3/c15-11-3-1-10-8-12(4-2-9(10)7-11)17-14-6-5-13(16)18-19-14/h1-8H,(H,17,19). The lowest BCUT2D eigenvalue weighted by Crippen LogP contribution is -1.94. The molecule has 0 saturated carbocycles. The zero-order valence-corrected chi connectivity index (χ0v) is 12.1. The number of nitrogens with one attached hydrogen (secondary N) is 1. The zero-order chi connectivity index (χ0) is 13.2. The summed E-state index contributed by atoms with van der Waals surface area (Å²) in [5.74, 6) is 0.667. The Morgan fingerprint density at radius 3 is 2.47 bits per heavy atom. The molecule has 0 aliphatic rings. The van der Waals surface area contributed by atoms with Crippen LogP contribution in [0.15, 0.2) is 53.0 Å². The fraction of sp³-hybridized carbons (Fsp3) is 0. The van der Waals surface area contributed by atoms with Gasteiger partial charge in [-0.3, -0.25) is 0 Å². The molecule has 0 amide bonds. The van der Waals surface area contributed by atoms with Crippen molar-refractivity contribution >= 4 is 49.8 Å². The number of anilines is 2. The van der Waals surface area contributed by atoms with Crippen LogP contribution in [0.5, 0.6) is 0 Å². The molecule has 94 valence electrons. The lowest BCUT2D eigenvalue weighted by molar-refractivity contribution is 1.04. The largest absolute Gasteiger partial charge is 0.339 e. The predicted molar refractivity (Wildman–Crippen MR) is 82.0 cm³/mol. The maximum atomic E-state index is 5.70. The molecule has 0 saturated heterocycles. The van der Waals surface area contributed by atoms with Crippen molar-refractivity contribution in [1.29, 1.82) is 0 Å². The molecule has 0 aliphatic carbocycles. The third-order valence-electron chi connectivity index (χ3n) is 2.71. The van der Waals surface area contributed by atoms with E-state index in [1.165, 1.54) is 5.39 Å². The number of nitrogens with zero attached hydrogens (tertiary/aromatic N) is 2. The van der Waals surface area contributed by atoms with Gasteiger partial charge in [0, 0.05) is 10.2 Å². The van der Waals surface area contributed by atoms with Crippen molar-refractivity contribution in [3.05, 3.63) is 58.2 Å². The topological polar surface area (TPSA) is 37.8 Å². The first-order valence-corrected chi connectivity index (χ1v) is 6.83. The van der Waals surface area contributed by atoms with Gasteiger partial charge in [-0.15, -0.1) is 10.2 Å². The quantitative estimate of drug-likeness (QED) is 0.732. The van der Waals surface area contributed by atoms with Gasteiger partial charge in [-0.25, -0.2) is 0 Å². The summed E-state index contributed by atoms with van der Waals surface area (Å²) in [5.41, 5.74) is 0.964. The molecule has 0 atom stereocenters. The molecule has 0 spiro atoms. The maximum Gasteiger partial charge on any atom is 0.153 e. The summed E-state index contributed by atoms with van der Waals surface area (Å²) < 4.78 is 1.07.